The minimum Gasteiger partial charge on any atom is -0.444 e. The van der Waals surface area contributed by atoms with Gasteiger partial charge in [0, 0.05) is 35.8 Å². The Balaban J connectivity index is 1.44. The van der Waals surface area contributed by atoms with Crippen molar-refractivity contribution in [3.8, 4) is 0 Å². The number of ether oxygens (including phenoxy) is 1. The van der Waals surface area contributed by atoms with E-state index in [4.69, 9.17) is 16.3 Å². The molecule has 7 heteroatoms. The number of hydrogen-bond acceptors (Lipinski definition) is 4. The lowest BCUT2D eigenvalue weighted by Gasteiger charge is -2.34. The molecule has 1 saturated heterocycles. The Hall–Kier alpha value is -2.57. The molecule has 4 rings (SSSR count). The minimum absolute atomic E-state index is 0.171. The molecule has 1 N–H and O–H groups in total. The van der Waals surface area contributed by atoms with Crippen LogP contribution >= 0.6 is 11.6 Å². The number of halogens is 1. The van der Waals surface area contributed by atoms with Crippen LogP contribution in [0.15, 0.2) is 42.5 Å². The summed E-state index contributed by atoms with van der Waals surface area (Å²) < 4.78 is 5.48. The summed E-state index contributed by atoms with van der Waals surface area (Å²) in [5, 5.41) is 11.3. The van der Waals surface area contributed by atoms with E-state index in [0.29, 0.717) is 35.8 Å². The molecule has 2 aromatic rings. The molecule has 170 valence electrons. The summed E-state index contributed by atoms with van der Waals surface area (Å²) >= 11 is 6.53. The number of fused-ring (bicyclic) bond motifs is 1. The van der Waals surface area contributed by atoms with Crippen LogP contribution in [0.1, 0.15) is 72.8 Å². The van der Waals surface area contributed by atoms with Crippen molar-refractivity contribution in [1.29, 1.82) is 0 Å². The Morgan fingerprint density at radius 3 is 2.47 bits per heavy atom. The van der Waals surface area contributed by atoms with Crippen LogP contribution < -0.4 is 0 Å². The Morgan fingerprint density at radius 2 is 1.81 bits per heavy atom. The summed E-state index contributed by atoms with van der Waals surface area (Å²) in [4.78, 5) is 28.3. The average molecular weight is 457 g/mol. The second-order valence-electron chi connectivity index (χ2n) is 9.49. The first-order valence-corrected chi connectivity index (χ1v) is 11.4. The lowest BCUT2D eigenvalue weighted by molar-refractivity contribution is 0.0137. The summed E-state index contributed by atoms with van der Waals surface area (Å²) in [6.07, 6.45) is 0.352. The van der Waals surface area contributed by atoms with Crippen molar-refractivity contribution in [2.24, 2.45) is 0 Å². The highest BCUT2D eigenvalue weighted by Crippen LogP contribution is 2.36. The molecule has 0 aromatic heterocycles. The molecule has 2 aromatic carbocycles. The van der Waals surface area contributed by atoms with E-state index in [1.807, 2.05) is 45.0 Å². The maximum Gasteiger partial charge on any atom is 0.410 e. The first kappa shape index (κ1) is 22.6. The van der Waals surface area contributed by atoms with Gasteiger partial charge >= 0.3 is 6.09 Å². The van der Waals surface area contributed by atoms with Gasteiger partial charge in [-0.15, -0.1) is 0 Å². The van der Waals surface area contributed by atoms with E-state index >= 15 is 0 Å². The van der Waals surface area contributed by atoms with E-state index in [2.05, 4.69) is 0 Å². The van der Waals surface area contributed by atoms with Crippen LogP contribution in [0.25, 0.3) is 0 Å². The molecule has 1 fully saturated rings. The van der Waals surface area contributed by atoms with Crippen LogP contribution in [-0.4, -0.2) is 45.6 Å². The van der Waals surface area contributed by atoms with E-state index in [1.165, 1.54) is 4.90 Å². The van der Waals surface area contributed by atoms with Crippen LogP contribution in [0.3, 0.4) is 0 Å². The van der Waals surface area contributed by atoms with Gasteiger partial charge in [-0.2, -0.15) is 0 Å². The average Bonchev–Trinajstić information content (AvgIpc) is 2.99. The largest absolute Gasteiger partial charge is 0.444 e. The number of hydrogen-bond donors (Lipinski definition) is 1. The van der Waals surface area contributed by atoms with Crippen LogP contribution in [-0.2, 0) is 11.3 Å². The van der Waals surface area contributed by atoms with E-state index in [0.717, 1.165) is 24.0 Å². The van der Waals surface area contributed by atoms with Gasteiger partial charge in [0.2, 0.25) is 0 Å². The molecule has 1 unspecified atom stereocenters. The first-order chi connectivity index (χ1) is 15.1. The standard InChI is InChI=1S/C25H29ClN2O4/c1-25(2,3)32-24(31)27-12-10-17(11-13-27)20-14-16(8-9-21(20)26)15-28-22(29)18-6-4-5-7-19(18)23(28)30/h4-9,14,17,22,29H,10-13,15H2,1-3H3. The molecular formula is C25H29ClN2O4. The Labute approximate surface area is 193 Å². The molecular weight excluding hydrogens is 428 g/mol. The van der Waals surface area contributed by atoms with Gasteiger partial charge in [-0.3, -0.25) is 4.79 Å². The second-order valence-corrected chi connectivity index (χ2v) is 9.90. The number of aliphatic hydroxyl groups is 1. The van der Waals surface area contributed by atoms with Gasteiger partial charge in [0.05, 0.1) is 0 Å². The van der Waals surface area contributed by atoms with Crippen LogP contribution in [0.4, 0.5) is 4.79 Å². The highest BCUT2D eigenvalue weighted by molar-refractivity contribution is 6.31. The number of carbonyl (C=O) groups is 2. The molecule has 2 aliphatic rings. The van der Waals surface area contributed by atoms with Gasteiger partial charge in [-0.1, -0.05) is 41.9 Å². The zero-order chi connectivity index (χ0) is 23.0. The fourth-order valence-corrected chi connectivity index (χ4v) is 4.68. The Morgan fingerprint density at radius 1 is 1.12 bits per heavy atom. The molecule has 32 heavy (non-hydrogen) atoms. The van der Waals surface area contributed by atoms with Gasteiger partial charge in [-0.25, -0.2) is 4.79 Å². The van der Waals surface area contributed by atoms with E-state index in [1.54, 1.807) is 23.1 Å². The van der Waals surface area contributed by atoms with Crippen molar-refractivity contribution < 1.29 is 19.4 Å². The molecule has 0 saturated carbocycles. The van der Waals surface area contributed by atoms with Gasteiger partial charge in [0.15, 0.2) is 6.23 Å². The number of rotatable bonds is 3. The molecule has 6 nitrogen and oxygen atoms in total. The molecule has 0 aliphatic carbocycles. The zero-order valence-corrected chi connectivity index (χ0v) is 19.4. The summed E-state index contributed by atoms with van der Waals surface area (Å²) in [7, 11) is 0. The number of carbonyl (C=O) groups excluding carboxylic acids is 2. The molecule has 2 aliphatic heterocycles. The van der Waals surface area contributed by atoms with Gasteiger partial charge < -0.3 is 19.6 Å². The van der Waals surface area contributed by atoms with Crippen LogP contribution in [0, 0.1) is 0 Å². The van der Waals surface area contributed by atoms with Crippen molar-refractivity contribution in [2.45, 2.75) is 57.9 Å². The van der Waals surface area contributed by atoms with Crippen LogP contribution in [0.5, 0.6) is 0 Å². The molecule has 0 spiro atoms. The fraction of sp³-hybridized carbons (Fsp3) is 0.440. The van der Waals surface area contributed by atoms with Crippen molar-refractivity contribution in [3.05, 3.63) is 69.7 Å². The summed E-state index contributed by atoms with van der Waals surface area (Å²) in [6.45, 7) is 7.11. The SMILES string of the molecule is CC(C)(C)OC(=O)N1CCC(c2cc(CN3C(=O)c4ccccc4C3O)ccc2Cl)CC1. The highest BCUT2D eigenvalue weighted by Gasteiger charge is 2.35. The normalized spacial score (nSPS) is 19.3. The predicted octanol–water partition coefficient (Wildman–Crippen LogP) is 5.10. The fourth-order valence-electron chi connectivity index (χ4n) is 4.41. The predicted molar refractivity (Wildman–Crippen MR) is 123 cm³/mol. The monoisotopic (exact) mass is 456 g/mol. The van der Waals surface area contributed by atoms with Crippen molar-refractivity contribution in [3.63, 3.8) is 0 Å². The minimum atomic E-state index is -0.949. The maximum absolute atomic E-state index is 12.8. The van der Waals surface area contributed by atoms with E-state index < -0.39 is 11.8 Å². The first-order valence-electron chi connectivity index (χ1n) is 11.0. The number of piperidine rings is 1. The number of nitrogens with zero attached hydrogens (tertiary/aromatic N) is 2. The molecule has 2 heterocycles. The number of aliphatic hydroxyl groups excluding tert-OH is 1. The van der Waals surface area contributed by atoms with Crippen LogP contribution in [0.2, 0.25) is 5.02 Å². The second kappa shape index (κ2) is 8.75. The number of likely N-dealkylation sites (tertiary alicyclic amines) is 1. The van der Waals surface area contributed by atoms with E-state index in [-0.39, 0.29) is 17.9 Å². The third kappa shape index (κ3) is 4.62. The summed E-state index contributed by atoms with van der Waals surface area (Å²) in [6, 6.07) is 12.9. The summed E-state index contributed by atoms with van der Waals surface area (Å²) in [5.74, 6) is 0.0489. The van der Waals surface area contributed by atoms with Gasteiger partial charge in [0.25, 0.3) is 5.91 Å². The van der Waals surface area contributed by atoms with Crippen molar-refractivity contribution in [1.82, 2.24) is 9.80 Å². The molecule has 0 radical (unpaired) electrons. The number of benzene rings is 2. The topological polar surface area (TPSA) is 70.1 Å². The summed E-state index contributed by atoms with van der Waals surface area (Å²) in [5.41, 5.74) is 2.61. The van der Waals surface area contributed by atoms with E-state index in [9.17, 15) is 14.7 Å². The third-order valence-electron chi connectivity index (χ3n) is 6.03. The number of amides is 2. The van der Waals surface area contributed by atoms with Gasteiger partial charge in [0.1, 0.15) is 5.60 Å². The van der Waals surface area contributed by atoms with Gasteiger partial charge in [-0.05, 0) is 62.8 Å². The zero-order valence-electron chi connectivity index (χ0n) is 18.7. The lowest BCUT2D eigenvalue weighted by atomic mass is 9.88. The smallest absolute Gasteiger partial charge is 0.410 e. The third-order valence-corrected chi connectivity index (χ3v) is 6.37. The molecule has 0 bridgehead atoms. The highest BCUT2D eigenvalue weighted by atomic mass is 35.5. The van der Waals surface area contributed by atoms with Crippen molar-refractivity contribution >= 4 is 23.6 Å². The lowest BCUT2D eigenvalue weighted by Crippen LogP contribution is -2.41. The quantitative estimate of drug-likeness (QED) is 0.697. The Bertz CT molecular complexity index is 1020. The molecule has 2 amide bonds. The van der Waals surface area contributed by atoms with Crippen molar-refractivity contribution in [2.75, 3.05) is 13.1 Å². The molecule has 1 atom stereocenters. The Kier molecular flexibility index (Phi) is 6.19. The maximum atomic E-state index is 12.8.